The molecule has 1 aromatic rings. The number of unbranched alkanes of at least 4 members (excludes halogenated alkanes) is 12. The van der Waals surface area contributed by atoms with Gasteiger partial charge in [-0.05, 0) is 12.5 Å². The van der Waals surface area contributed by atoms with Crippen LogP contribution in [0.2, 0.25) is 0 Å². The van der Waals surface area contributed by atoms with Crippen LogP contribution in [-0.2, 0) is 25.7 Å². The fraction of sp³-hybridized carbons (Fsp3) is 0.655. The Morgan fingerprint density at radius 3 is 1.91 bits per heavy atom. The van der Waals surface area contributed by atoms with Gasteiger partial charge < -0.3 is 29.9 Å². The smallest absolute Gasteiger partial charge is 0.377 e. The second-order valence-corrected chi connectivity index (χ2v) is 10.3. The van der Waals surface area contributed by atoms with Gasteiger partial charge >= 0.3 is 23.3 Å². The van der Waals surface area contributed by atoms with Crippen LogP contribution in [0.15, 0.2) is 29.7 Å². The Hall–Kier alpha value is -3.78. The van der Waals surface area contributed by atoms with Gasteiger partial charge in [-0.15, -0.1) is 0 Å². The summed E-state index contributed by atoms with van der Waals surface area (Å²) < 4.78 is 9.41. The fourth-order valence-corrected chi connectivity index (χ4v) is 4.39. The number of nitrogens with zero attached hydrogens (tertiary/aromatic N) is 2. The predicted octanol–water partition coefficient (Wildman–Crippen LogP) is 5.62. The highest BCUT2D eigenvalue weighted by molar-refractivity contribution is 5.89. The van der Waals surface area contributed by atoms with Gasteiger partial charge in [0.25, 0.3) is 0 Å². The van der Waals surface area contributed by atoms with Crippen LogP contribution in [0.3, 0.4) is 0 Å². The number of nitro benzene ring substituents is 2. The molecule has 0 radical (unpaired) electrons. The maximum absolute atomic E-state index is 11.9. The molecule has 1 aliphatic rings. The zero-order valence-corrected chi connectivity index (χ0v) is 24.6. The molecule has 0 unspecified atom stereocenters. The van der Waals surface area contributed by atoms with Crippen LogP contribution in [0.4, 0.5) is 11.4 Å². The third kappa shape index (κ3) is 13.8. The minimum Gasteiger partial charge on any atom is -0.505 e. The van der Waals surface area contributed by atoms with Crippen LogP contribution in [0.25, 0.3) is 0 Å². The Morgan fingerprint density at radius 1 is 0.930 bits per heavy atom. The molecule has 0 saturated heterocycles. The zero-order chi connectivity index (χ0) is 32.2. The standard InChI is InChI=1S/C23H36N2O6.C6H8O6/c1-2-3-4-5-6-7-8-9-10-11-12-13-14-18-22(26)31-19-20-16-15-17-21(24(27)28)23(20)25(29)30;7-1-2(8)5-3(9)4(10)6(11)12-5/h15-17H,2-14,18-19H2,1H3;2,5,7-10H,1H2/t;2-,5+/m.0/s1. The molecule has 1 heterocycles. The molecule has 14 heteroatoms. The minimum absolute atomic E-state index is 0.0258. The highest BCUT2D eigenvalue weighted by Crippen LogP contribution is 2.31. The minimum atomic E-state index is -1.42. The molecule has 14 nitrogen and oxygen atoms in total. The van der Waals surface area contributed by atoms with Crippen molar-refractivity contribution in [3.63, 3.8) is 0 Å². The molecular formula is C29H44N2O12. The summed E-state index contributed by atoms with van der Waals surface area (Å²) in [6, 6.07) is 3.78. The molecule has 0 spiro atoms. The molecule has 0 fully saturated rings. The van der Waals surface area contributed by atoms with Gasteiger partial charge in [-0.3, -0.25) is 25.0 Å². The van der Waals surface area contributed by atoms with Crippen molar-refractivity contribution in [3.8, 4) is 0 Å². The number of carbonyl (C=O) groups is 2. The first-order valence-corrected chi connectivity index (χ1v) is 14.7. The second kappa shape index (κ2) is 21.0. The predicted molar refractivity (Wildman–Crippen MR) is 155 cm³/mol. The van der Waals surface area contributed by atoms with Crippen molar-refractivity contribution in [1.82, 2.24) is 0 Å². The Morgan fingerprint density at radius 2 is 1.47 bits per heavy atom. The average molecular weight is 613 g/mol. The molecule has 1 aromatic carbocycles. The summed E-state index contributed by atoms with van der Waals surface area (Å²) in [6.45, 7) is 1.22. The number of para-hydroxylation sites is 1. The number of hydrogen-bond acceptors (Lipinski definition) is 12. The number of cyclic esters (lactones) is 1. The molecule has 242 valence electrons. The maximum Gasteiger partial charge on any atom is 0.377 e. The van der Waals surface area contributed by atoms with Crippen LogP contribution >= 0.6 is 0 Å². The van der Waals surface area contributed by atoms with Gasteiger partial charge in [0.2, 0.25) is 5.76 Å². The largest absolute Gasteiger partial charge is 0.505 e. The maximum atomic E-state index is 11.9. The lowest BCUT2D eigenvalue weighted by Crippen LogP contribution is -2.31. The average Bonchev–Trinajstić information content (AvgIpc) is 3.25. The number of hydrogen-bond donors (Lipinski definition) is 4. The first-order valence-electron chi connectivity index (χ1n) is 14.7. The molecule has 0 saturated carbocycles. The quantitative estimate of drug-likeness (QED) is 0.0610. The van der Waals surface area contributed by atoms with Gasteiger partial charge in [-0.25, -0.2) is 4.79 Å². The third-order valence-electron chi connectivity index (χ3n) is 6.83. The zero-order valence-electron chi connectivity index (χ0n) is 24.6. The topological polar surface area (TPSA) is 220 Å². The van der Waals surface area contributed by atoms with E-state index in [9.17, 15) is 29.8 Å². The number of rotatable bonds is 20. The molecule has 4 N–H and O–H groups in total. The van der Waals surface area contributed by atoms with E-state index in [4.69, 9.17) is 25.2 Å². The molecular weight excluding hydrogens is 568 g/mol. The summed E-state index contributed by atoms with van der Waals surface area (Å²) in [4.78, 5) is 42.9. The van der Waals surface area contributed by atoms with E-state index in [0.717, 1.165) is 18.9 Å². The number of nitro groups is 2. The van der Waals surface area contributed by atoms with E-state index in [1.165, 1.54) is 76.3 Å². The lowest BCUT2D eigenvalue weighted by molar-refractivity contribution is -0.423. The van der Waals surface area contributed by atoms with E-state index >= 15 is 0 Å². The van der Waals surface area contributed by atoms with Crippen molar-refractivity contribution in [3.05, 3.63) is 55.5 Å². The second-order valence-electron chi connectivity index (χ2n) is 10.3. The number of aliphatic hydroxyl groups is 4. The van der Waals surface area contributed by atoms with Crippen molar-refractivity contribution < 1.29 is 49.3 Å². The van der Waals surface area contributed by atoms with Crippen molar-refractivity contribution in [1.29, 1.82) is 0 Å². The van der Waals surface area contributed by atoms with Crippen LogP contribution in [-0.4, -0.2) is 61.0 Å². The Bertz CT molecular complexity index is 1080. The number of aliphatic hydroxyl groups excluding tert-OH is 4. The first kappa shape index (κ1) is 37.2. The van der Waals surface area contributed by atoms with Gasteiger partial charge in [0, 0.05) is 12.5 Å². The molecule has 2 rings (SSSR count). The summed E-state index contributed by atoms with van der Waals surface area (Å²) in [5.41, 5.74) is -1.20. The normalized spacial score (nSPS) is 15.0. The number of carbonyl (C=O) groups excluding carboxylic acids is 2. The van der Waals surface area contributed by atoms with E-state index in [1.807, 2.05) is 0 Å². The number of ether oxygens (including phenoxy) is 2. The van der Waals surface area contributed by atoms with Crippen LogP contribution in [0.5, 0.6) is 0 Å². The van der Waals surface area contributed by atoms with E-state index in [1.54, 1.807) is 0 Å². The van der Waals surface area contributed by atoms with Gasteiger partial charge in [0.1, 0.15) is 12.7 Å². The van der Waals surface area contributed by atoms with Crippen LogP contribution in [0, 0.1) is 20.2 Å². The van der Waals surface area contributed by atoms with Gasteiger partial charge in [0.05, 0.1) is 22.0 Å². The van der Waals surface area contributed by atoms with Crippen molar-refractivity contribution in [2.24, 2.45) is 0 Å². The summed E-state index contributed by atoms with van der Waals surface area (Å²) in [5.74, 6) is -3.22. The third-order valence-corrected chi connectivity index (χ3v) is 6.83. The molecule has 43 heavy (non-hydrogen) atoms. The highest BCUT2D eigenvalue weighted by Gasteiger charge is 2.38. The summed E-state index contributed by atoms with van der Waals surface area (Å²) in [6.07, 6.45) is 13.2. The molecule has 0 bridgehead atoms. The highest BCUT2D eigenvalue weighted by atomic mass is 16.6. The van der Waals surface area contributed by atoms with Crippen LogP contribution in [0.1, 0.15) is 102 Å². The van der Waals surface area contributed by atoms with E-state index in [2.05, 4.69) is 11.7 Å². The number of benzene rings is 1. The molecule has 2 atom stereocenters. The van der Waals surface area contributed by atoms with Gasteiger partial charge in [0.15, 0.2) is 11.9 Å². The SMILES string of the molecule is CCCCCCCCCCCCCCCC(=O)OCc1cccc([N+](=O)[O-])c1[N+](=O)[O-].O=C1O[C@H]([C@@H](O)CO)C(O)=C1O. The van der Waals surface area contributed by atoms with Crippen LogP contribution < -0.4 is 0 Å². The monoisotopic (exact) mass is 612 g/mol. The van der Waals surface area contributed by atoms with Gasteiger partial charge in [-0.1, -0.05) is 90.0 Å². The summed E-state index contributed by atoms with van der Waals surface area (Å²) in [7, 11) is 0. The van der Waals surface area contributed by atoms with Gasteiger partial charge in [-0.2, -0.15) is 0 Å². The summed E-state index contributed by atoms with van der Waals surface area (Å²) >= 11 is 0. The van der Waals surface area contributed by atoms with E-state index < -0.39 is 63.5 Å². The Kier molecular flexibility index (Phi) is 18.2. The van der Waals surface area contributed by atoms with Crippen molar-refractivity contribution in [2.75, 3.05) is 6.61 Å². The van der Waals surface area contributed by atoms with Crippen molar-refractivity contribution >= 4 is 23.3 Å². The first-order chi connectivity index (χ1) is 20.5. The Balaban J connectivity index is 0.000000639. The molecule has 0 aromatic heterocycles. The Labute approximate surface area is 250 Å². The number of esters is 2. The lowest BCUT2D eigenvalue weighted by Gasteiger charge is -2.13. The lowest BCUT2D eigenvalue weighted by atomic mass is 10.0. The molecule has 1 aliphatic heterocycles. The fourth-order valence-electron chi connectivity index (χ4n) is 4.39. The summed E-state index contributed by atoms with van der Waals surface area (Å²) in [5, 5.41) is 57.2. The van der Waals surface area contributed by atoms with Crippen molar-refractivity contribution in [2.45, 2.75) is 116 Å². The van der Waals surface area contributed by atoms with E-state index in [0.29, 0.717) is 6.42 Å². The van der Waals surface area contributed by atoms with E-state index in [-0.39, 0.29) is 18.6 Å². The molecule has 0 aliphatic carbocycles. The molecule has 0 amide bonds.